The molecule has 1 heterocycles. The smallest absolute Gasteiger partial charge is 0.241 e. The van der Waals surface area contributed by atoms with Gasteiger partial charge in [0, 0.05) is 6.54 Å². The van der Waals surface area contributed by atoms with Crippen LogP contribution >= 0.6 is 0 Å². The highest BCUT2D eigenvalue weighted by atomic mass is 16.2. The van der Waals surface area contributed by atoms with Crippen LogP contribution in [0.15, 0.2) is 18.2 Å². The van der Waals surface area contributed by atoms with Crippen molar-refractivity contribution < 1.29 is 4.79 Å². The maximum atomic E-state index is 12.2. The number of rotatable bonds is 3. The van der Waals surface area contributed by atoms with E-state index in [2.05, 4.69) is 37.4 Å². The Labute approximate surface area is 109 Å². The second-order valence-electron chi connectivity index (χ2n) is 5.01. The Bertz CT molecular complexity index is 456. The first kappa shape index (κ1) is 13.1. The molecule has 0 radical (unpaired) electrons. The first-order valence-corrected chi connectivity index (χ1v) is 6.72. The van der Waals surface area contributed by atoms with Crippen molar-refractivity contribution in [3.8, 4) is 0 Å². The van der Waals surface area contributed by atoms with Gasteiger partial charge in [-0.15, -0.1) is 0 Å². The summed E-state index contributed by atoms with van der Waals surface area (Å²) < 4.78 is 0. The molecule has 98 valence electrons. The fraction of sp³-hybridized carbons (Fsp3) is 0.533. The third-order valence-corrected chi connectivity index (χ3v) is 3.72. The summed E-state index contributed by atoms with van der Waals surface area (Å²) in [6, 6.07) is 6.39. The molecule has 1 aliphatic rings. The molecule has 1 saturated heterocycles. The van der Waals surface area contributed by atoms with Gasteiger partial charge >= 0.3 is 0 Å². The molecule has 1 amide bonds. The highest BCUT2D eigenvalue weighted by Crippen LogP contribution is 2.28. The first-order chi connectivity index (χ1) is 8.58. The summed E-state index contributed by atoms with van der Waals surface area (Å²) in [4.78, 5) is 14.1. The van der Waals surface area contributed by atoms with Crippen LogP contribution in [-0.4, -0.2) is 23.4 Å². The molecule has 0 spiro atoms. The number of nitrogens with one attached hydrogen (secondary N) is 1. The van der Waals surface area contributed by atoms with Crippen molar-refractivity contribution in [2.24, 2.45) is 0 Å². The molecule has 0 bridgehead atoms. The van der Waals surface area contributed by atoms with E-state index in [-0.39, 0.29) is 18.1 Å². The summed E-state index contributed by atoms with van der Waals surface area (Å²) in [5.74, 6) is 0.227. The Morgan fingerprint density at radius 1 is 1.28 bits per heavy atom. The number of hydrogen-bond acceptors (Lipinski definition) is 2. The van der Waals surface area contributed by atoms with Crippen LogP contribution in [0.4, 0.5) is 0 Å². The lowest BCUT2D eigenvalue weighted by atomic mass is 10.0. The topological polar surface area (TPSA) is 32.3 Å². The van der Waals surface area contributed by atoms with Crippen molar-refractivity contribution in [1.29, 1.82) is 0 Å². The Hall–Kier alpha value is -1.35. The van der Waals surface area contributed by atoms with Gasteiger partial charge in [-0.25, -0.2) is 0 Å². The Balaban J connectivity index is 2.34. The van der Waals surface area contributed by atoms with Crippen LogP contribution in [0, 0.1) is 13.8 Å². The molecule has 2 atom stereocenters. The van der Waals surface area contributed by atoms with E-state index >= 15 is 0 Å². The monoisotopic (exact) mass is 246 g/mol. The van der Waals surface area contributed by atoms with Crippen molar-refractivity contribution in [2.75, 3.05) is 6.54 Å². The van der Waals surface area contributed by atoms with Gasteiger partial charge in [0.2, 0.25) is 5.91 Å². The summed E-state index contributed by atoms with van der Waals surface area (Å²) in [6.45, 7) is 9.04. The molecule has 0 saturated carbocycles. The van der Waals surface area contributed by atoms with Gasteiger partial charge in [0.25, 0.3) is 0 Å². The second kappa shape index (κ2) is 5.11. The van der Waals surface area contributed by atoms with Gasteiger partial charge < -0.3 is 4.90 Å². The number of nitrogens with zero attached hydrogens (tertiary/aromatic N) is 1. The molecule has 3 nitrogen and oxygen atoms in total. The number of carbonyl (C=O) groups is 1. The average Bonchev–Trinajstić information content (AvgIpc) is 2.65. The summed E-state index contributed by atoms with van der Waals surface area (Å²) in [5, 5.41) is 3.44. The number of hydrogen-bond donors (Lipinski definition) is 1. The van der Waals surface area contributed by atoms with Crippen LogP contribution in [0.25, 0.3) is 0 Å². The Morgan fingerprint density at radius 2 is 2.00 bits per heavy atom. The lowest BCUT2D eigenvalue weighted by molar-refractivity contribution is -0.129. The molecule has 1 aromatic rings. The van der Waals surface area contributed by atoms with Crippen molar-refractivity contribution in [2.45, 2.75) is 46.3 Å². The Morgan fingerprint density at radius 3 is 2.56 bits per heavy atom. The predicted molar refractivity (Wildman–Crippen MR) is 73.3 cm³/mol. The second-order valence-corrected chi connectivity index (χ2v) is 5.01. The third kappa shape index (κ3) is 2.15. The molecule has 0 aliphatic carbocycles. The van der Waals surface area contributed by atoms with Crippen LogP contribution < -0.4 is 5.32 Å². The molecule has 1 fully saturated rings. The highest BCUT2D eigenvalue weighted by Gasteiger charge is 2.37. The molecule has 1 N–H and O–H groups in total. The van der Waals surface area contributed by atoms with Gasteiger partial charge in [-0.2, -0.15) is 0 Å². The molecular weight excluding hydrogens is 224 g/mol. The molecular formula is C15H22N2O. The van der Waals surface area contributed by atoms with Crippen molar-refractivity contribution in [3.63, 3.8) is 0 Å². The zero-order valence-electron chi connectivity index (χ0n) is 11.7. The van der Waals surface area contributed by atoms with E-state index in [1.165, 1.54) is 16.7 Å². The van der Waals surface area contributed by atoms with E-state index in [9.17, 15) is 4.79 Å². The molecule has 3 heteroatoms. The van der Waals surface area contributed by atoms with Crippen molar-refractivity contribution >= 4 is 5.91 Å². The number of amides is 1. The zero-order chi connectivity index (χ0) is 13.3. The van der Waals surface area contributed by atoms with E-state index in [1.54, 1.807) is 0 Å². The summed E-state index contributed by atoms with van der Waals surface area (Å²) >= 11 is 0. The summed E-state index contributed by atoms with van der Waals surface area (Å²) in [5.41, 5.74) is 3.72. The lowest BCUT2D eigenvalue weighted by Gasteiger charge is -2.24. The minimum absolute atomic E-state index is 0.0318. The first-order valence-electron chi connectivity index (χ1n) is 6.72. The van der Waals surface area contributed by atoms with E-state index < -0.39 is 0 Å². The van der Waals surface area contributed by atoms with Crippen LogP contribution in [0.1, 0.15) is 43.1 Å². The fourth-order valence-electron chi connectivity index (χ4n) is 2.70. The quantitative estimate of drug-likeness (QED) is 0.889. The number of aryl methyl sites for hydroxylation is 2. The van der Waals surface area contributed by atoms with Crippen LogP contribution in [0.2, 0.25) is 0 Å². The van der Waals surface area contributed by atoms with Crippen LogP contribution in [0.3, 0.4) is 0 Å². The number of carbonyl (C=O) groups excluding carboxylic acids is 1. The van der Waals surface area contributed by atoms with Crippen LogP contribution in [-0.2, 0) is 4.79 Å². The summed E-state index contributed by atoms with van der Waals surface area (Å²) in [7, 11) is 0. The van der Waals surface area contributed by atoms with Gasteiger partial charge in [-0.3, -0.25) is 10.1 Å². The zero-order valence-corrected chi connectivity index (χ0v) is 11.7. The minimum atomic E-state index is -0.0318. The van der Waals surface area contributed by atoms with Crippen molar-refractivity contribution in [3.05, 3.63) is 34.9 Å². The number of likely N-dealkylation sites (N-methyl/N-ethyl adjacent to an activating group) is 1. The third-order valence-electron chi connectivity index (χ3n) is 3.72. The van der Waals surface area contributed by atoms with Gasteiger partial charge in [0.1, 0.15) is 6.17 Å². The molecule has 1 aromatic carbocycles. The number of benzene rings is 1. The van der Waals surface area contributed by atoms with Gasteiger partial charge in [0.15, 0.2) is 0 Å². The molecule has 18 heavy (non-hydrogen) atoms. The van der Waals surface area contributed by atoms with Crippen molar-refractivity contribution in [1.82, 2.24) is 10.2 Å². The van der Waals surface area contributed by atoms with Gasteiger partial charge in [0.05, 0.1) is 6.04 Å². The largest absolute Gasteiger partial charge is 0.322 e. The van der Waals surface area contributed by atoms with Crippen LogP contribution in [0.5, 0.6) is 0 Å². The van der Waals surface area contributed by atoms with E-state index in [4.69, 9.17) is 0 Å². The molecule has 2 unspecified atom stereocenters. The molecule has 1 aliphatic heterocycles. The predicted octanol–water partition coefficient (Wildman–Crippen LogP) is 2.53. The van der Waals surface area contributed by atoms with Gasteiger partial charge in [-0.05, 0) is 38.3 Å². The maximum absolute atomic E-state index is 12.2. The molecule has 0 aromatic heterocycles. The average molecular weight is 246 g/mol. The van der Waals surface area contributed by atoms with E-state index in [0.29, 0.717) is 0 Å². The highest BCUT2D eigenvalue weighted by molar-refractivity contribution is 5.84. The normalized spacial score (nSPS) is 23.8. The minimum Gasteiger partial charge on any atom is -0.322 e. The lowest BCUT2D eigenvalue weighted by Crippen LogP contribution is -2.30. The Kier molecular flexibility index (Phi) is 3.71. The van der Waals surface area contributed by atoms with Gasteiger partial charge in [-0.1, -0.05) is 30.7 Å². The summed E-state index contributed by atoms with van der Waals surface area (Å²) in [6.07, 6.45) is 0.879. The standard InChI is InChI=1S/C15H22N2O/c1-5-13-15(18)17(6-2)14(16-13)12-8-7-10(3)9-11(12)4/h7-9,13-14,16H,5-6H2,1-4H3. The van der Waals surface area contributed by atoms with E-state index in [0.717, 1.165) is 13.0 Å². The maximum Gasteiger partial charge on any atom is 0.241 e. The molecule has 2 rings (SSSR count). The fourth-order valence-corrected chi connectivity index (χ4v) is 2.70. The van der Waals surface area contributed by atoms with E-state index in [1.807, 2.05) is 18.7 Å². The SMILES string of the molecule is CCC1NC(c2ccc(C)cc2C)N(CC)C1=O.